The Hall–Kier alpha value is -1.79. The van der Waals surface area contributed by atoms with Crippen LogP contribution in [0.3, 0.4) is 0 Å². The van der Waals surface area contributed by atoms with E-state index in [-0.39, 0.29) is 5.97 Å². The van der Waals surface area contributed by atoms with Crippen LogP contribution in [0, 0.1) is 0 Å². The molecule has 5 nitrogen and oxygen atoms in total. The lowest BCUT2D eigenvalue weighted by Crippen LogP contribution is -2.31. The van der Waals surface area contributed by atoms with E-state index >= 15 is 0 Å². The van der Waals surface area contributed by atoms with Gasteiger partial charge in [0.05, 0.1) is 12.8 Å². The van der Waals surface area contributed by atoms with Gasteiger partial charge in [0.25, 0.3) is 0 Å². The standard InChI is InChI=1S/C15H18N2O3S/c1-19-15(18)13(16)7-8-21-10-12-9-14(20-17-12)11-5-3-2-4-6-11/h2-6,9,13H,7-8,10,16H2,1H3. The highest BCUT2D eigenvalue weighted by Crippen LogP contribution is 2.22. The Bertz CT molecular complexity index is 571. The number of thioether (sulfide) groups is 1. The first-order chi connectivity index (χ1) is 10.2. The molecular weight excluding hydrogens is 288 g/mol. The average molecular weight is 306 g/mol. The summed E-state index contributed by atoms with van der Waals surface area (Å²) in [5.41, 5.74) is 7.55. The lowest BCUT2D eigenvalue weighted by molar-refractivity contribution is -0.142. The van der Waals surface area contributed by atoms with Gasteiger partial charge in [-0.1, -0.05) is 35.5 Å². The van der Waals surface area contributed by atoms with Gasteiger partial charge in [0.1, 0.15) is 6.04 Å². The third-order valence-electron chi connectivity index (χ3n) is 2.94. The van der Waals surface area contributed by atoms with E-state index in [0.717, 1.165) is 28.5 Å². The minimum Gasteiger partial charge on any atom is -0.468 e. The summed E-state index contributed by atoms with van der Waals surface area (Å²) >= 11 is 1.66. The highest BCUT2D eigenvalue weighted by atomic mass is 32.2. The van der Waals surface area contributed by atoms with Gasteiger partial charge in [0, 0.05) is 17.4 Å². The molecule has 2 rings (SSSR count). The maximum Gasteiger partial charge on any atom is 0.322 e. The third-order valence-corrected chi connectivity index (χ3v) is 3.97. The predicted octanol–water partition coefficient (Wildman–Crippen LogP) is 2.47. The lowest BCUT2D eigenvalue weighted by Gasteiger charge is -2.07. The molecule has 0 amide bonds. The maximum absolute atomic E-state index is 11.2. The molecule has 0 fully saturated rings. The van der Waals surface area contributed by atoms with Crippen LogP contribution >= 0.6 is 11.8 Å². The van der Waals surface area contributed by atoms with E-state index < -0.39 is 6.04 Å². The van der Waals surface area contributed by atoms with Crippen LogP contribution in [-0.4, -0.2) is 30.0 Å². The van der Waals surface area contributed by atoms with Gasteiger partial charge in [-0.3, -0.25) is 4.79 Å². The molecule has 0 saturated heterocycles. The van der Waals surface area contributed by atoms with Crippen LogP contribution in [0.15, 0.2) is 40.9 Å². The molecule has 1 aromatic carbocycles. The van der Waals surface area contributed by atoms with Crippen molar-refractivity contribution in [3.63, 3.8) is 0 Å². The summed E-state index contributed by atoms with van der Waals surface area (Å²) in [5.74, 6) is 1.88. The SMILES string of the molecule is COC(=O)C(N)CCSCc1cc(-c2ccccc2)on1. The zero-order chi connectivity index (χ0) is 15.1. The number of benzene rings is 1. The van der Waals surface area contributed by atoms with Crippen LogP contribution in [0.25, 0.3) is 11.3 Å². The second kappa shape index (κ2) is 7.85. The number of ether oxygens (including phenoxy) is 1. The molecule has 0 saturated carbocycles. The van der Waals surface area contributed by atoms with Gasteiger partial charge >= 0.3 is 5.97 Å². The number of carbonyl (C=O) groups excluding carboxylic acids is 1. The van der Waals surface area contributed by atoms with Crippen LogP contribution in [0.2, 0.25) is 0 Å². The summed E-state index contributed by atoms with van der Waals surface area (Å²) in [7, 11) is 1.34. The Kier molecular flexibility index (Phi) is 5.83. The summed E-state index contributed by atoms with van der Waals surface area (Å²) in [5, 5.41) is 4.04. The third kappa shape index (κ3) is 4.61. The van der Waals surface area contributed by atoms with Crippen LogP contribution < -0.4 is 5.73 Å². The molecule has 0 aliphatic carbocycles. The van der Waals surface area contributed by atoms with E-state index in [0.29, 0.717) is 6.42 Å². The highest BCUT2D eigenvalue weighted by molar-refractivity contribution is 7.98. The number of hydrogen-bond acceptors (Lipinski definition) is 6. The van der Waals surface area contributed by atoms with Crippen molar-refractivity contribution in [2.24, 2.45) is 5.73 Å². The van der Waals surface area contributed by atoms with Gasteiger partial charge < -0.3 is 15.0 Å². The van der Waals surface area contributed by atoms with Crippen molar-refractivity contribution >= 4 is 17.7 Å². The molecule has 1 atom stereocenters. The van der Waals surface area contributed by atoms with E-state index in [2.05, 4.69) is 9.89 Å². The summed E-state index contributed by atoms with van der Waals surface area (Å²) in [6.07, 6.45) is 0.584. The number of rotatable bonds is 7. The molecule has 21 heavy (non-hydrogen) atoms. The van der Waals surface area contributed by atoms with E-state index in [9.17, 15) is 4.79 Å². The number of aromatic nitrogens is 1. The predicted molar refractivity (Wildman–Crippen MR) is 82.7 cm³/mol. The van der Waals surface area contributed by atoms with Gasteiger partial charge in [-0.25, -0.2) is 0 Å². The molecule has 0 aliphatic heterocycles. The van der Waals surface area contributed by atoms with Gasteiger partial charge in [-0.2, -0.15) is 11.8 Å². The van der Waals surface area contributed by atoms with Crippen molar-refractivity contribution in [1.82, 2.24) is 5.16 Å². The highest BCUT2D eigenvalue weighted by Gasteiger charge is 2.13. The normalized spacial score (nSPS) is 12.1. The van der Waals surface area contributed by atoms with Crippen molar-refractivity contribution < 1.29 is 14.1 Å². The van der Waals surface area contributed by atoms with Crippen molar-refractivity contribution in [3.05, 3.63) is 42.1 Å². The first-order valence-corrected chi connectivity index (χ1v) is 7.78. The zero-order valence-corrected chi connectivity index (χ0v) is 12.6. The number of nitrogens with two attached hydrogens (primary N) is 1. The van der Waals surface area contributed by atoms with E-state index in [1.54, 1.807) is 11.8 Å². The van der Waals surface area contributed by atoms with Crippen LogP contribution in [0.5, 0.6) is 0 Å². The molecule has 1 unspecified atom stereocenters. The molecule has 1 heterocycles. The average Bonchev–Trinajstić information content (AvgIpc) is 3.00. The fraction of sp³-hybridized carbons (Fsp3) is 0.333. The quantitative estimate of drug-likeness (QED) is 0.625. The van der Waals surface area contributed by atoms with Crippen molar-refractivity contribution in [2.75, 3.05) is 12.9 Å². The molecule has 112 valence electrons. The Balaban J connectivity index is 1.77. The summed E-state index contributed by atoms with van der Waals surface area (Å²) in [6, 6.07) is 11.2. The Morgan fingerprint density at radius 1 is 1.43 bits per heavy atom. The Morgan fingerprint density at radius 3 is 2.90 bits per heavy atom. The van der Waals surface area contributed by atoms with Crippen LogP contribution in [-0.2, 0) is 15.3 Å². The second-order valence-electron chi connectivity index (χ2n) is 4.52. The van der Waals surface area contributed by atoms with E-state index in [1.807, 2.05) is 36.4 Å². The topological polar surface area (TPSA) is 78.4 Å². The molecule has 2 aromatic rings. The molecule has 1 aromatic heterocycles. The molecule has 0 aliphatic rings. The smallest absolute Gasteiger partial charge is 0.322 e. The fourth-order valence-corrected chi connectivity index (χ4v) is 2.68. The molecule has 0 radical (unpaired) electrons. The number of hydrogen-bond donors (Lipinski definition) is 1. The van der Waals surface area contributed by atoms with E-state index in [4.69, 9.17) is 10.3 Å². The minimum atomic E-state index is -0.556. The molecule has 0 bridgehead atoms. The number of esters is 1. The molecule has 0 spiro atoms. The van der Waals surface area contributed by atoms with Crippen LogP contribution in [0.4, 0.5) is 0 Å². The van der Waals surface area contributed by atoms with Gasteiger partial charge in [0.2, 0.25) is 0 Å². The second-order valence-corrected chi connectivity index (χ2v) is 5.62. The minimum absolute atomic E-state index is 0.372. The first kappa shape index (κ1) is 15.6. The number of methoxy groups -OCH3 is 1. The van der Waals surface area contributed by atoms with Crippen LogP contribution in [0.1, 0.15) is 12.1 Å². The molecule has 2 N–H and O–H groups in total. The summed E-state index contributed by atoms with van der Waals surface area (Å²) in [6.45, 7) is 0. The first-order valence-electron chi connectivity index (χ1n) is 6.63. The lowest BCUT2D eigenvalue weighted by atomic mass is 10.2. The van der Waals surface area contributed by atoms with Gasteiger partial charge in [-0.05, 0) is 12.2 Å². The maximum atomic E-state index is 11.2. The molecule has 6 heteroatoms. The fourth-order valence-electron chi connectivity index (χ4n) is 1.77. The van der Waals surface area contributed by atoms with Gasteiger partial charge in [0.15, 0.2) is 5.76 Å². The number of nitrogens with zero attached hydrogens (tertiary/aromatic N) is 1. The summed E-state index contributed by atoms with van der Waals surface area (Å²) in [4.78, 5) is 11.2. The monoisotopic (exact) mass is 306 g/mol. The Labute approximate surface area is 127 Å². The van der Waals surface area contributed by atoms with Gasteiger partial charge in [-0.15, -0.1) is 0 Å². The largest absolute Gasteiger partial charge is 0.468 e. The summed E-state index contributed by atoms with van der Waals surface area (Å²) < 4.78 is 9.90. The Morgan fingerprint density at radius 2 is 2.19 bits per heavy atom. The van der Waals surface area contributed by atoms with Crippen molar-refractivity contribution in [1.29, 1.82) is 0 Å². The zero-order valence-electron chi connectivity index (χ0n) is 11.8. The van der Waals surface area contributed by atoms with Crippen molar-refractivity contribution in [3.8, 4) is 11.3 Å². The van der Waals surface area contributed by atoms with Crippen molar-refractivity contribution in [2.45, 2.75) is 18.2 Å². The van der Waals surface area contributed by atoms with E-state index in [1.165, 1.54) is 7.11 Å². The number of carbonyl (C=O) groups is 1. The molecular formula is C15H18N2O3S.